The number of benzene rings is 2. The number of nitrogens with zero attached hydrogens (tertiary/aromatic N) is 2. The van der Waals surface area contributed by atoms with Crippen molar-refractivity contribution in [3.63, 3.8) is 0 Å². The molecule has 1 fully saturated rings. The van der Waals surface area contributed by atoms with E-state index in [0.717, 1.165) is 11.0 Å². The number of aryl methyl sites for hydroxylation is 1. The van der Waals surface area contributed by atoms with E-state index in [1.807, 2.05) is 0 Å². The highest BCUT2D eigenvalue weighted by molar-refractivity contribution is 7.89. The van der Waals surface area contributed by atoms with Crippen LogP contribution in [0, 0.1) is 12.7 Å². The summed E-state index contributed by atoms with van der Waals surface area (Å²) in [5.41, 5.74) is -3.11. The van der Waals surface area contributed by atoms with E-state index in [-0.39, 0.29) is 49.9 Å². The van der Waals surface area contributed by atoms with Gasteiger partial charge in [0.05, 0.1) is 21.6 Å². The van der Waals surface area contributed by atoms with E-state index in [2.05, 4.69) is 0 Å². The van der Waals surface area contributed by atoms with Gasteiger partial charge in [0.1, 0.15) is 5.82 Å². The number of alkyl halides is 6. The van der Waals surface area contributed by atoms with Crippen molar-refractivity contribution >= 4 is 15.9 Å². The lowest BCUT2D eigenvalue weighted by Gasteiger charge is -2.34. The Labute approximate surface area is 184 Å². The summed E-state index contributed by atoms with van der Waals surface area (Å²) in [5, 5.41) is 0. The largest absolute Gasteiger partial charge is 0.416 e. The molecule has 0 N–H and O–H groups in total. The number of halogens is 7. The molecular formula is C20H17F7N2O3S. The molecule has 33 heavy (non-hydrogen) atoms. The Bertz CT molecular complexity index is 1140. The quantitative estimate of drug-likeness (QED) is 0.593. The van der Waals surface area contributed by atoms with Gasteiger partial charge in [-0.05, 0) is 37.3 Å². The van der Waals surface area contributed by atoms with E-state index in [4.69, 9.17) is 0 Å². The smallest absolute Gasteiger partial charge is 0.336 e. The molecule has 0 unspecified atom stereocenters. The Hall–Kier alpha value is -2.67. The molecule has 0 bridgehead atoms. The molecule has 180 valence electrons. The maximum Gasteiger partial charge on any atom is 0.416 e. The number of carbonyl (C=O) groups is 1. The number of hydrogen-bond donors (Lipinski definition) is 0. The van der Waals surface area contributed by atoms with Crippen molar-refractivity contribution in [2.75, 3.05) is 26.2 Å². The minimum Gasteiger partial charge on any atom is -0.336 e. The van der Waals surface area contributed by atoms with Crippen LogP contribution >= 0.6 is 0 Å². The first-order valence-electron chi connectivity index (χ1n) is 9.46. The normalized spacial score (nSPS) is 16.2. The van der Waals surface area contributed by atoms with Gasteiger partial charge in [0.15, 0.2) is 0 Å². The fraction of sp³-hybridized carbons (Fsp3) is 0.350. The van der Waals surface area contributed by atoms with Gasteiger partial charge >= 0.3 is 12.4 Å². The first kappa shape index (κ1) is 25.0. The highest BCUT2D eigenvalue weighted by atomic mass is 32.2. The number of amides is 1. The van der Waals surface area contributed by atoms with Crippen molar-refractivity contribution in [1.29, 1.82) is 0 Å². The number of sulfonamides is 1. The molecule has 1 aliphatic rings. The SMILES string of the molecule is Cc1ccc(F)c(C(=O)N2CCN(S(=O)(=O)c3cc(C(F)(F)F)cc(C(F)(F)F)c3)CC2)c1. The Morgan fingerprint density at radius 3 is 1.85 bits per heavy atom. The zero-order valence-electron chi connectivity index (χ0n) is 17.0. The monoisotopic (exact) mass is 498 g/mol. The highest BCUT2D eigenvalue weighted by Crippen LogP contribution is 2.38. The zero-order valence-corrected chi connectivity index (χ0v) is 17.8. The summed E-state index contributed by atoms with van der Waals surface area (Å²) >= 11 is 0. The molecule has 1 heterocycles. The van der Waals surface area contributed by atoms with Gasteiger partial charge in [0, 0.05) is 26.2 Å². The molecule has 1 aliphatic heterocycles. The maximum atomic E-state index is 14.0. The summed E-state index contributed by atoms with van der Waals surface area (Å²) in [5.74, 6) is -1.48. The van der Waals surface area contributed by atoms with Crippen LogP contribution in [0.25, 0.3) is 0 Å². The van der Waals surface area contributed by atoms with Crippen LogP contribution in [-0.4, -0.2) is 49.7 Å². The average Bonchev–Trinajstić information content (AvgIpc) is 2.73. The molecule has 13 heteroatoms. The van der Waals surface area contributed by atoms with Crippen molar-refractivity contribution in [2.45, 2.75) is 24.2 Å². The van der Waals surface area contributed by atoms with E-state index in [0.29, 0.717) is 9.87 Å². The van der Waals surface area contributed by atoms with Gasteiger partial charge < -0.3 is 4.90 Å². The summed E-state index contributed by atoms with van der Waals surface area (Å²) in [6, 6.07) is 4.01. The van der Waals surface area contributed by atoms with Crippen LogP contribution < -0.4 is 0 Å². The van der Waals surface area contributed by atoms with Gasteiger partial charge in [-0.2, -0.15) is 30.6 Å². The van der Waals surface area contributed by atoms with Crippen molar-refractivity contribution in [3.05, 3.63) is 64.5 Å². The molecule has 0 aliphatic carbocycles. The van der Waals surface area contributed by atoms with Crippen LogP contribution in [0.15, 0.2) is 41.3 Å². The van der Waals surface area contributed by atoms with Gasteiger partial charge in [0.2, 0.25) is 10.0 Å². The molecular weight excluding hydrogens is 481 g/mol. The first-order chi connectivity index (χ1) is 15.1. The zero-order chi connectivity index (χ0) is 24.8. The van der Waals surface area contributed by atoms with Crippen LogP contribution in [0.1, 0.15) is 27.0 Å². The molecule has 0 spiro atoms. The van der Waals surface area contributed by atoms with Gasteiger partial charge in [-0.25, -0.2) is 12.8 Å². The second kappa shape index (κ2) is 8.60. The second-order valence-corrected chi connectivity index (χ2v) is 9.36. The van der Waals surface area contributed by atoms with E-state index in [1.165, 1.54) is 12.1 Å². The number of piperazine rings is 1. The van der Waals surface area contributed by atoms with Crippen LogP contribution in [0.4, 0.5) is 30.7 Å². The minimum absolute atomic E-state index is 0.143. The van der Waals surface area contributed by atoms with E-state index < -0.39 is 50.1 Å². The van der Waals surface area contributed by atoms with Crippen LogP contribution in [-0.2, 0) is 22.4 Å². The third-order valence-electron chi connectivity index (χ3n) is 5.08. The first-order valence-corrected chi connectivity index (χ1v) is 10.9. The van der Waals surface area contributed by atoms with Gasteiger partial charge in [0.25, 0.3) is 5.91 Å². The Balaban J connectivity index is 1.85. The standard InChI is InChI=1S/C20H17F7N2O3S/c1-12-2-3-17(21)16(8-12)18(30)28-4-6-29(7-5-28)33(31,32)15-10-13(19(22,23)24)9-14(11-15)20(25,26)27/h2-3,8-11H,4-7H2,1H3. The van der Waals surface area contributed by atoms with Gasteiger partial charge in [-0.1, -0.05) is 11.6 Å². The number of hydrogen-bond acceptors (Lipinski definition) is 3. The number of carbonyl (C=O) groups excluding carboxylic acids is 1. The lowest BCUT2D eigenvalue weighted by Crippen LogP contribution is -2.50. The van der Waals surface area contributed by atoms with Crippen LogP contribution in [0.2, 0.25) is 0 Å². The van der Waals surface area contributed by atoms with Crippen LogP contribution in [0.5, 0.6) is 0 Å². The highest BCUT2D eigenvalue weighted by Gasteiger charge is 2.40. The molecule has 2 aromatic rings. The minimum atomic E-state index is -5.20. The Kier molecular flexibility index (Phi) is 6.50. The summed E-state index contributed by atoms with van der Waals surface area (Å²) in [4.78, 5) is 12.6. The van der Waals surface area contributed by atoms with E-state index >= 15 is 0 Å². The van der Waals surface area contributed by atoms with Crippen LogP contribution in [0.3, 0.4) is 0 Å². The molecule has 5 nitrogen and oxygen atoms in total. The summed E-state index contributed by atoms with van der Waals surface area (Å²) < 4.78 is 119. The summed E-state index contributed by atoms with van der Waals surface area (Å²) in [7, 11) is -4.73. The molecule has 1 amide bonds. The lowest BCUT2D eigenvalue weighted by molar-refractivity contribution is -0.143. The molecule has 0 atom stereocenters. The average molecular weight is 498 g/mol. The molecule has 2 aromatic carbocycles. The van der Waals surface area contributed by atoms with E-state index in [1.54, 1.807) is 6.92 Å². The van der Waals surface area contributed by atoms with E-state index in [9.17, 15) is 43.9 Å². The molecule has 0 aromatic heterocycles. The van der Waals surface area contributed by atoms with Crippen molar-refractivity contribution < 1.29 is 43.9 Å². The predicted molar refractivity (Wildman–Crippen MR) is 102 cm³/mol. The fourth-order valence-electron chi connectivity index (χ4n) is 3.33. The second-order valence-electron chi connectivity index (χ2n) is 7.42. The third-order valence-corrected chi connectivity index (χ3v) is 6.95. The molecule has 1 saturated heterocycles. The maximum absolute atomic E-state index is 14.0. The number of rotatable bonds is 3. The Morgan fingerprint density at radius 2 is 1.36 bits per heavy atom. The fourth-order valence-corrected chi connectivity index (χ4v) is 4.82. The van der Waals surface area contributed by atoms with Crippen molar-refractivity contribution in [2.24, 2.45) is 0 Å². The third kappa shape index (κ3) is 5.29. The lowest BCUT2D eigenvalue weighted by atomic mass is 10.1. The summed E-state index contributed by atoms with van der Waals surface area (Å²) in [6.07, 6.45) is -10.4. The van der Waals surface area contributed by atoms with Gasteiger partial charge in [-0.15, -0.1) is 0 Å². The topological polar surface area (TPSA) is 57.7 Å². The molecule has 0 saturated carbocycles. The summed E-state index contributed by atoms with van der Waals surface area (Å²) in [6.45, 7) is 0.413. The van der Waals surface area contributed by atoms with Crippen molar-refractivity contribution in [3.8, 4) is 0 Å². The Morgan fingerprint density at radius 1 is 0.848 bits per heavy atom. The molecule has 3 rings (SSSR count). The molecule has 0 radical (unpaired) electrons. The predicted octanol–water partition coefficient (Wildman–Crippen LogP) is 4.32. The van der Waals surface area contributed by atoms with Gasteiger partial charge in [-0.3, -0.25) is 4.79 Å². The van der Waals surface area contributed by atoms with Crippen molar-refractivity contribution in [1.82, 2.24) is 9.21 Å².